The van der Waals surface area contributed by atoms with Gasteiger partial charge >= 0.3 is 0 Å². The van der Waals surface area contributed by atoms with Crippen LogP contribution >= 0.6 is 0 Å². The smallest absolute Gasteiger partial charge is 0.237 e. The van der Waals surface area contributed by atoms with Crippen molar-refractivity contribution in [1.82, 2.24) is 15.5 Å². The molecule has 1 aliphatic rings. The molecular weight excluding hydrogens is 218 g/mol. The number of methoxy groups -OCH3 is 1. The van der Waals surface area contributed by atoms with Crippen LogP contribution in [0.4, 0.5) is 0 Å². The zero-order valence-electron chi connectivity index (χ0n) is 11.2. The van der Waals surface area contributed by atoms with Gasteiger partial charge in [-0.3, -0.25) is 9.69 Å². The van der Waals surface area contributed by atoms with Gasteiger partial charge < -0.3 is 15.4 Å². The molecule has 100 valence electrons. The van der Waals surface area contributed by atoms with Gasteiger partial charge in [-0.1, -0.05) is 0 Å². The predicted octanol–water partition coefficient (Wildman–Crippen LogP) is -0.321. The lowest BCUT2D eigenvalue weighted by Gasteiger charge is -2.23. The van der Waals surface area contributed by atoms with E-state index in [2.05, 4.69) is 15.5 Å². The molecule has 0 aromatic carbocycles. The molecule has 17 heavy (non-hydrogen) atoms. The number of hydrogen-bond acceptors (Lipinski definition) is 4. The Balaban J connectivity index is 2.27. The molecule has 0 aromatic rings. The molecule has 0 bridgehead atoms. The zero-order chi connectivity index (χ0) is 12.7. The van der Waals surface area contributed by atoms with Gasteiger partial charge in [-0.2, -0.15) is 0 Å². The molecule has 2 unspecified atom stereocenters. The maximum atomic E-state index is 11.8. The highest BCUT2D eigenvalue weighted by atomic mass is 16.5. The summed E-state index contributed by atoms with van der Waals surface area (Å²) in [5.74, 6) is 0.779. The third-order valence-corrected chi connectivity index (χ3v) is 3.34. The van der Waals surface area contributed by atoms with E-state index in [0.717, 1.165) is 19.6 Å². The molecule has 1 aliphatic heterocycles. The number of likely N-dealkylation sites (tertiary alicyclic amines) is 1. The molecule has 2 atom stereocenters. The molecule has 0 spiro atoms. The summed E-state index contributed by atoms with van der Waals surface area (Å²) in [7, 11) is 3.61. The maximum absolute atomic E-state index is 11.8. The number of rotatable bonds is 7. The van der Waals surface area contributed by atoms with E-state index in [1.54, 1.807) is 7.11 Å². The Morgan fingerprint density at radius 3 is 3.00 bits per heavy atom. The van der Waals surface area contributed by atoms with Crippen molar-refractivity contribution in [3.05, 3.63) is 0 Å². The molecule has 0 aromatic heterocycles. The summed E-state index contributed by atoms with van der Waals surface area (Å²) < 4.78 is 4.91. The Kier molecular flexibility index (Phi) is 6.47. The first kappa shape index (κ1) is 14.4. The molecule has 0 aliphatic carbocycles. The summed E-state index contributed by atoms with van der Waals surface area (Å²) in [6, 6.07) is -0.0336. The van der Waals surface area contributed by atoms with Crippen LogP contribution in [0.15, 0.2) is 0 Å². The maximum Gasteiger partial charge on any atom is 0.237 e. The van der Waals surface area contributed by atoms with E-state index < -0.39 is 0 Å². The third-order valence-electron chi connectivity index (χ3n) is 3.34. The van der Waals surface area contributed by atoms with Gasteiger partial charge in [0.15, 0.2) is 0 Å². The number of carbonyl (C=O) groups is 1. The van der Waals surface area contributed by atoms with Crippen LogP contribution in [0.1, 0.15) is 13.3 Å². The minimum atomic E-state index is -0.0336. The monoisotopic (exact) mass is 243 g/mol. The second-order valence-corrected chi connectivity index (χ2v) is 4.67. The van der Waals surface area contributed by atoms with Crippen molar-refractivity contribution in [2.24, 2.45) is 5.92 Å². The highest BCUT2D eigenvalue weighted by Crippen LogP contribution is 2.17. The normalized spacial score (nSPS) is 22.6. The van der Waals surface area contributed by atoms with Crippen LogP contribution in [0, 0.1) is 5.92 Å². The highest BCUT2D eigenvalue weighted by molar-refractivity contribution is 5.81. The Labute approximate surface area is 104 Å². The topological polar surface area (TPSA) is 53.6 Å². The second kappa shape index (κ2) is 7.63. The summed E-state index contributed by atoms with van der Waals surface area (Å²) in [4.78, 5) is 14.1. The second-order valence-electron chi connectivity index (χ2n) is 4.67. The largest absolute Gasteiger partial charge is 0.383 e. The lowest BCUT2D eigenvalue weighted by Crippen LogP contribution is -2.45. The van der Waals surface area contributed by atoms with Gasteiger partial charge in [-0.15, -0.1) is 0 Å². The van der Waals surface area contributed by atoms with Gasteiger partial charge in [0.05, 0.1) is 12.6 Å². The van der Waals surface area contributed by atoms with Crippen molar-refractivity contribution in [3.63, 3.8) is 0 Å². The number of nitrogens with one attached hydrogen (secondary N) is 2. The van der Waals surface area contributed by atoms with E-state index in [0.29, 0.717) is 19.1 Å². The molecule has 0 saturated carbocycles. The van der Waals surface area contributed by atoms with E-state index in [4.69, 9.17) is 4.74 Å². The van der Waals surface area contributed by atoms with Crippen LogP contribution in [0.3, 0.4) is 0 Å². The van der Waals surface area contributed by atoms with Gasteiger partial charge in [0.2, 0.25) is 5.91 Å². The SMILES string of the molecule is CNCC1CCN(C(C)C(=O)NCCOC)C1. The van der Waals surface area contributed by atoms with E-state index in [-0.39, 0.29) is 11.9 Å². The molecule has 1 fully saturated rings. The number of ether oxygens (including phenoxy) is 1. The highest BCUT2D eigenvalue weighted by Gasteiger charge is 2.28. The molecule has 1 rings (SSSR count). The van der Waals surface area contributed by atoms with E-state index in [9.17, 15) is 4.79 Å². The molecule has 1 amide bonds. The lowest BCUT2D eigenvalue weighted by atomic mass is 10.1. The Bertz CT molecular complexity index is 236. The van der Waals surface area contributed by atoms with Gasteiger partial charge in [0.25, 0.3) is 0 Å². The minimum absolute atomic E-state index is 0.0336. The first-order valence-corrected chi connectivity index (χ1v) is 6.34. The number of carbonyl (C=O) groups excluding carboxylic acids is 1. The fourth-order valence-electron chi connectivity index (χ4n) is 2.26. The predicted molar refractivity (Wildman–Crippen MR) is 68.0 cm³/mol. The van der Waals surface area contributed by atoms with Crippen LogP contribution in [0.2, 0.25) is 0 Å². The summed E-state index contributed by atoms with van der Waals surface area (Å²) in [6.45, 7) is 6.21. The van der Waals surface area contributed by atoms with Crippen LogP contribution in [0.25, 0.3) is 0 Å². The van der Waals surface area contributed by atoms with Crippen molar-refractivity contribution in [2.45, 2.75) is 19.4 Å². The average molecular weight is 243 g/mol. The third kappa shape index (κ3) is 4.61. The quantitative estimate of drug-likeness (QED) is 0.602. The van der Waals surface area contributed by atoms with Crippen molar-refractivity contribution in [3.8, 4) is 0 Å². The number of nitrogens with zero attached hydrogens (tertiary/aromatic N) is 1. The van der Waals surface area contributed by atoms with Gasteiger partial charge in [0, 0.05) is 20.2 Å². The number of hydrogen-bond donors (Lipinski definition) is 2. The number of amides is 1. The van der Waals surface area contributed by atoms with Crippen molar-refractivity contribution < 1.29 is 9.53 Å². The van der Waals surface area contributed by atoms with Crippen molar-refractivity contribution in [2.75, 3.05) is 46.9 Å². The fourth-order valence-corrected chi connectivity index (χ4v) is 2.26. The molecule has 5 heteroatoms. The Hall–Kier alpha value is -0.650. The molecule has 2 N–H and O–H groups in total. The van der Waals surface area contributed by atoms with Crippen LogP contribution in [-0.2, 0) is 9.53 Å². The molecular formula is C12H25N3O2. The summed E-state index contributed by atoms with van der Waals surface area (Å²) in [5, 5.41) is 6.08. The zero-order valence-corrected chi connectivity index (χ0v) is 11.2. The Morgan fingerprint density at radius 2 is 2.35 bits per heavy atom. The summed E-state index contributed by atoms with van der Waals surface area (Å²) in [6.07, 6.45) is 1.18. The molecule has 1 heterocycles. The summed E-state index contributed by atoms with van der Waals surface area (Å²) >= 11 is 0. The standard InChI is InChI=1S/C12H25N3O2/c1-10(12(16)14-5-7-17-3)15-6-4-11(9-15)8-13-2/h10-11,13H,4-9H2,1-3H3,(H,14,16). The fraction of sp³-hybridized carbons (Fsp3) is 0.917. The van der Waals surface area contributed by atoms with Crippen LogP contribution in [-0.4, -0.2) is 63.8 Å². The molecule has 5 nitrogen and oxygen atoms in total. The summed E-state index contributed by atoms with van der Waals surface area (Å²) in [5.41, 5.74) is 0. The van der Waals surface area contributed by atoms with E-state index in [1.807, 2.05) is 14.0 Å². The van der Waals surface area contributed by atoms with E-state index in [1.165, 1.54) is 6.42 Å². The first-order chi connectivity index (χ1) is 8.19. The lowest BCUT2D eigenvalue weighted by molar-refractivity contribution is -0.125. The van der Waals surface area contributed by atoms with Crippen LogP contribution < -0.4 is 10.6 Å². The van der Waals surface area contributed by atoms with Crippen molar-refractivity contribution in [1.29, 1.82) is 0 Å². The van der Waals surface area contributed by atoms with Gasteiger partial charge in [-0.05, 0) is 39.4 Å². The van der Waals surface area contributed by atoms with Gasteiger partial charge in [0.1, 0.15) is 0 Å². The van der Waals surface area contributed by atoms with Crippen molar-refractivity contribution >= 4 is 5.91 Å². The van der Waals surface area contributed by atoms with Crippen LogP contribution in [0.5, 0.6) is 0 Å². The molecule has 1 saturated heterocycles. The average Bonchev–Trinajstić information content (AvgIpc) is 2.77. The molecule has 0 radical (unpaired) electrons. The van der Waals surface area contributed by atoms with E-state index >= 15 is 0 Å². The van der Waals surface area contributed by atoms with Gasteiger partial charge in [-0.25, -0.2) is 0 Å². The Morgan fingerprint density at radius 1 is 1.59 bits per heavy atom. The first-order valence-electron chi connectivity index (χ1n) is 6.34. The minimum Gasteiger partial charge on any atom is -0.383 e.